The predicted octanol–water partition coefficient (Wildman–Crippen LogP) is 4.68. The largest absolute Gasteiger partial charge is 0.484 e. The lowest BCUT2D eigenvalue weighted by atomic mass is 9.88. The van der Waals surface area contributed by atoms with Gasteiger partial charge in [0, 0.05) is 5.69 Å². The van der Waals surface area contributed by atoms with E-state index >= 15 is 0 Å². The number of ether oxygens (including phenoxy) is 1. The number of amides is 1. The van der Waals surface area contributed by atoms with Gasteiger partial charge in [-0.15, -0.1) is 0 Å². The van der Waals surface area contributed by atoms with Crippen molar-refractivity contribution in [3.8, 4) is 5.75 Å². The first-order valence-corrected chi connectivity index (χ1v) is 12.5. The second kappa shape index (κ2) is 9.67. The molecule has 7 heteroatoms. The normalized spacial score (nSPS) is 15.4. The van der Waals surface area contributed by atoms with E-state index in [1.807, 2.05) is 32.0 Å². The van der Waals surface area contributed by atoms with E-state index in [-0.39, 0.29) is 23.5 Å². The van der Waals surface area contributed by atoms with Gasteiger partial charge >= 0.3 is 0 Å². The molecule has 0 saturated heterocycles. The van der Waals surface area contributed by atoms with Gasteiger partial charge in [0.2, 0.25) is 0 Å². The van der Waals surface area contributed by atoms with Crippen molar-refractivity contribution < 1.29 is 17.9 Å². The summed E-state index contributed by atoms with van der Waals surface area (Å²) in [6.07, 6.45) is 2.98. The molecule has 2 N–H and O–H groups in total. The van der Waals surface area contributed by atoms with Gasteiger partial charge in [0.25, 0.3) is 15.9 Å². The van der Waals surface area contributed by atoms with Crippen LogP contribution in [0.15, 0.2) is 71.6 Å². The first-order chi connectivity index (χ1) is 15.8. The molecule has 1 aliphatic rings. The van der Waals surface area contributed by atoms with Crippen LogP contribution in [0.25, 0.3) is 0 Å². The van der Waals surface area contributed by atoms with Crippen molar-refractivity contribution in [1.29, 1.82) is 0 Å². The van der Waals surface area contributed by atoms with Gasteiger partial charge in [0.05, 0.1) is 10.9 Å². The molecule has 4 rings (SSSR count). The van der Waals surface area contributed by atoms with E-state index < -0.39 is 10.0 Å². The third kappa shape index (κ3) is 5.73. The van der Waals surface area contributed by atoms with Gasteiger partial charge in [-0.3, -0.25) is 9.52 Å². The first kappa shape index (κ1) is 22.9. The van der Waals surface area contributed by atoms with Gasteiger partial charge < -0.3 is 10.1 Å². The van der Waals surface area contributed by atoms with E-state index in [4.69, 9.17) is 4.74 Å². The molecule has 1 aliphatic carbocycles. The van der Waals surface area contributed by atoms with Gasteiger partial charge in [-0.05, 0) is 91.8 Å². The van der Waals surface area contributed by atoms with Crippen LogP contribution in [0, 0.1) is 13.8 Å². The van der Waals surface area contributed by atoms with E-state index in [0.717, 1.165) is 30.4 Å². The lowest BCUT2D eigenvalue weighted by Crippen LogP contribution is -2.34. The summed E-state index contributed by atoms with van der Waals surface area (Å²) < 4.78 is 33.6. The lowest BCUT2D eigenvalue weighted by Gasteiger charge is -2.26. The molecule has 1 amide bonds. The summed E-state index contributed by atoms with van der Waals surface area (Å²) in [4.78, 5) is 12.6. The van der Waals surface area contributed by atoms with E-state index in [1.165, 1.54) is 23.3 Å². The number of carbonyl (C=O) groups is 1. The van der Waals surface area contributed by atoms with Crippen molar-refractivity contribution in [1.82, 2.24) is 5.32 Å². The highest BCUT2D eigenvalue weighted by Crippen LogP contribution is 2.29. The van der Waals surface area contributed by atoms with Gasteiger partial charge in [-0.2, -0.15) is 0 Å². The average molecular weight is 465 g/mol. The summed E-state index contributed by atoms with van der Waals surface area (Å²) in [6.45, 7) is 3.70. The van der Waals surface area contributed by atoms with Gasteiger partial charge in [-0.1, -0.05) is 30.3 Å². The predicted molar refractivity (Wildman–Crippen MR) is 129 cm³/mol. The van der Waals surface area contributed by atoms with Crippen LogP contribution in [0.4, 0.5) is 5.69 Å². The number of fused-ring (bicyclic) bond motifs is 1. The fourth-order valence-corrected chi connectivity index (χ4v) is 5.29. The summed E-state index contributed by atoms with van der Waals surface area (Å²) in [5.74, 6) is 0.226. The Balaban J connectivity index is 1.34. The van der Waals surface area contributed by atoms with Crippen LogP contribution < -0.4 is 14.8 Å². The highest BCUT2D eigenvalue weighted by atomic mass is 32.2. The molecule has 0 aliphatic heterocycles. The van der Waals surface area contributed by atoms with Crippen molar-refractivity contribution in [3.63, 3.8) is 0 Å². The summed E-state index contributed by atoms with van der Waals surface area (Å²) in [5.41, 5.74) is 4.93. The molecular formula is C26H28N2O4S. The maximum absolute atomic E-state index is 12.7. The minimum absolute atomic E-state index is 0.00472. The van der Waals surface area contributed by atoms with E-state index in [9.17, 15) is 13.2 Å². The Morgan fingerprint density at radius 2 is 1.70 bits per heavy atom. The Morgan fingerprint density at radius 1 is 1.00 bits per heavy atom. The van der Waals surface area contributed by atoms with Crippen LogP contribution in [0.5, 0.6) is 5.75 Å². The maximum Gasteiger partial charge on any atom is 0.261 e. The Labute approximate surface area is 195 Å². The number of rotatable bonds is 7. The van der Waals surface area contributed by atoms with Crippen LogP contribution in [0.2, 0.25) is 0 Å². The highest BCUT2D eigenvalue weighted by Gasteiger charge is 2.21. The summed E-state index contributed by atoms with van der Waals surface area (Å²) in [6, 6.07) is 19.8. The molecule has 6 nitrogen and oxygen atoms in total. The van der Waals surface area contributed by atoms with Crippen LogP contribution in [0.3, 0.4) is 0 Å². The average Bonchev–Trinajstić information content (AvgIpc) is 2.77. The van der Waals surface area contributed by atoms with Gasteiger partial charge in [0.15, 0.2) is 6.61 Å². The number of nitrogens with one attached hydrogen (secondary N) is 2. The maximum atomic E-state index is 12.7. The van der Waals surface area contributed by atoms with Crippen molar-refractivity contribution in [2.75, 3.05) is 11.3 Å². The molecule has 33 heavy (non-hydrogen) atoms. The third-order valence-electron chi connectivity index (χ3n) is 5.68. The number of sulfonamides is 1. The van der Waals surface area contributed by atoms with E-state index in [2.05, 4.69) is 22.2 Å². The highest BCUT2D eigenvalue weighted by molar-refractivity contribution is 7.92. The summed E-state index contributed by atoms with van der Waals surface area (Å²) in [5, 5.41) is 3.05. The van der Waals surface area contributed by atoms with Crippen molar-refractivity contribution in [2.24, 2.45) is 0 Å². The Kier molecular flexibility index (Phi) is 6.70. The minimum Gasteiger partial charge on any atom is -0.484 e. The Bertz CT molecular complexity index is 1230. The zero-order valence-corrected chi connectivity index (χ0v) is 19.6. The molecule has 3 aromatic carbocycles. The molecule has 3 aromatic rings. The quantitative estimate of drug-likeness (QED) is 0.532. The number of hydrogen-bond acceptors (Lipinski definition) is 4. The molecule has 0 saturated carbocycles. The summed E-state index contributed by atoms with van der Waals surface area (Å²) >= 11 is 0. The van der Waals surface area contributed by atoms with Crippen LogP contribution in [-0.4, -0.2) is 20.9 Å². The molecular weight excluding hydrogens is 436 g/mol. The smallest absolute Gasteiger partial charge is 0.261 e. The minimum atomic E-state index is -3.73. The topological polar surface area (TPSA) is 84.5 Å². The number of hydrogen-bond donors (Lipinski definition) is 2. The number of anilines is 1. The SMILES string of the molecule is Cc1cc(C)cc(NS(=O)(=O)c2ccc(OCC(=O)N[C@H]3CCCc4ccccc43)cc2)c1. The molecule has 0 aromatic heterocycles. The van der Waals surface area contributed by atoms with Crippen molar-refractivity contribution in [2.45, 2.75) is 44.0 Å². The van der Waals surface area contributed by atoms with Crippen molar-refractivity contribution in [3.05, 3.63) is 89.0 Å². The monoisotopic (exact) mass is 464 g/mol. The zero-order valence-electron chi connectivity index (χ0n) is 18.8. The molecule has 172 valence electrons. The Morgan fingerprint density at radius 3 is 2.42 bits per heavy atom. The molecule has 0 bridgehead atoms. The standard InChI is InChI=1S/C26H28N2O4S/c1-18-14-19(2)16-21(15-18)28-33(30,31)23-12-10-22(11-13-23)32-17-26(29)27-25-9-5-7-20-6-3-4-8-24(20)25/h3-4,6,8,10-16,25,28H,5,7,9,17H2,1-2H3,(H,27,29)/t25-/m0/s1. The molecule has 0 radical (unpaired) electrons. The van der Waals surface area contributed by atoms with Crippen LogP contribution in [-0.2, 0) is 21.2 Å². The molecule has 0 spiro atoms. The molecule has 0 fully saturated rings. The molecule has 0 unspecified atom stereocenters. The first-order valence-electron chi connectivity index (χ1n) is 11.0. The fraction of sp³-hybridized carbons (Fsp3) is 0.269. The second-order valence-electron chi connectivity index (χ2n) is 8.45. The van der Waals surface area contributed by atoms with Crippen LogP contribution >= 0.6 is 0 Å². The zero-order chi connectivity index (χ0) is 23.4. The number of benzene rings is 3. The Hall–Kier alpha value is -3.32. The van der Waals surface area contributed by atoms with E-state index in [0.29, 0.717) is 11.4 Å². The number of aryl methyl sites for hydroxylation is 3. The summed E-state index contributed by atoms with van der Waals surface area (Å²) in [7, 11) is -3.73. The second-order valence-corrected chi connectivity index (χ2v) is 10.1. The van der Waals surface area contributed by atoms with Gasteiger partial charge in [-0.25, -0.2) is 8.42 Å². The fourth-order valence-electron chi connectivity index (χ4n) is 4.25. The molecule has 0 heterocycles. The van der Waals surface area contributed by atoms with Gasteiger partial charge in [0.1, 0.15) is 5.75 Å². The van der Waals surface area contributed by atoms with E-state index in [1.54, 1.807) is 24.3 Å². The van der Waals surface area contributed by atoms with Crippen LogP contribution in [0.1, 0.15) is 41.1 Å². The number of carbonyl (C=O) groups excluding carboxylic acids is 1. The third-order valence-corrected chi connectivity index (χ3v) is 7.08. The van der Waals surface area contributed by atoms with Crippen molar-refractivity contribution >= 4 is 21.6 Å². The lowest BCUT2D eigenvalue weighted by molar-refractivity contribution is -0.124. The molecule has 1 atom stereocenters.